The highest BCUT2D eigenvalue weighted by Crippen LogP contribution is 2.35. The molecular formula is C22H24N2O5S. The third-order valence-electron chi connectivity index (χ3n) is 5.22. The Morgan fingerprint density at radius 1 is 1.17 bits per heavy atom. The summed E-state index contributed by atoms with van der Waals surface area (Å²) in [6.45, 7) is 1.92. The van der Waals surface area contributed by atoms with Crippen LogP contribution in [-0.2, 0) is 17.6 Å². The van der Waals surface area contributed by atoms with Crippen molar-refractivity contribution in [2.45, 2.75) is 45.4 Å². The van der Waals surface area contributed by atoms with Crippen molar-refractivity contribution >= 4 is 27.7 Å². The summed E-state index contributed by atoms with van der Waals surface area (Å²) in [7, 11) is 1.48. The number of hydrogen-bond acceptors (Lipinski definition) is 7. The Kier molecular flexibility index (Phi) is 6.03. The number of nitrogens with one attached hydrogen (secondary N) is 1. The zero-order chi connectivity index (χ0) is 21.1. The van der Waals surface area contributed by atoms with Crippen molar-refractivity contribution in [2.24, 2.45) is 0 Å². The van der Waals surface area contributed by atoms with Crippen molar-refractivity contribution in [1.29, 1.82) is 0 Å². The smallest absolute Gasteiger partial charge is 0.493 e. The molecule has 0 atom stereocenters. The molecule has 7 nitrogen and oxygen atoms in total. The Morgan fingerprint density at radius 3 is 2.73 bits per heavy atom. The minimum absolute atomic E-state index is 0.112. The molecule has 1 aromatic carbocycles. The lowest BCUT2D eigenvalue weighted by Crippen LogP contribution is -2.11. The number of aromatic nitrogens is 2. The van der Waals surface area contributed by atoms with Gasteiger partial charge in [-0.1, -0.05) is 12.8 Å². The van der Waals surface area contributed by atoms with Gasteiger partial charge in [-0.3, -0.25) is 4.79 Å². The summed E-state index contributed by atoms with van der Waals surface area (Å²) in [5.74, 6) is 1.05. The summed E-state index contributed by atoms with van der Waals surface area (Å²) >= 11 is 1.62. The van der Waals surface area contributed by atoms with Crippen molar-refractivity contribution in [3.63, 3.8) is 0 Å². The molecule has 0 bridgehead atoms. The van der Waals surface area contributed by atoms with E-state index in [1.165, 1.54) is 30.4 Å². The van der Waals surface area contributed by atoms with E-state index in [4.69, 9.17) is 19.2 Å². The molecule has 1 aliphatic rings. The first kappa shape index (κ1) is 20.4. The van der Waals surface area contributed by atoms with Gasteiger partial charge in [-0.2, -0.15) is 0 Å². The molecule has 8 heteroatoms. The number of aryl methyl sites for hydroxylation is 2. The van der Waals surface area contributed by atoms with Crippen LogP contribution in [0.2, 0.25) is 0 Å². The molecule has 0 amide bonds. The van der Waals surface area contributed by atoms with E-state index in [0.717, 1.165) is 35.9 Å². The molecule has 30 heavy (non-hydrogen) atoms. The van der Waals surface area contributed by atoms with Gasteiger partial charge in [0.2, 0.25) is 0 Å². The fraction of sp³-hybridized carbons (Fsp3) is 0.409. The maximum Gasteiger partial charge on any atom is 0.513 e. The molecule has 3 aromatic rings. The molecule has 0 fully saturated rings. The lowest BCUT2D eigenvalue weighted by molar-refractivity contribution is 0.103. The topological polar surface area (TPSA) is 90.5 Å². The molecule has 0 spiro atoms. The molecule has 0 saturated heterocycles. The van der Waals surface area contributed by atoms with E-state index in [9.17, 15) is 9.59 Å². The van der Waals surface area contributed by atoms with E-state index in [2.05, 4.69) is 4.98 Å². The standard InChI is InChI=1S/C22H24N2O5S/c1-3-28-22(26)29-15-11-10-13(12-16(15)27-2)19-23-20(25)18-14-8-6-4-5-7-9-17(14)30-21(18)24-19/h10-12H,3-9H2,1-2H3,(H,23,24,25). The molecule has 0 radical (unpaired) electrons. The number of benzene rings is 1. The lowest BCUT2D eigenvalue weighted by atomic mass is 9.98. The van der Waals surface area contributed by atoms with E-state index in [0.29, 0.717) is 17.1 Å². The minimum Gasteiger partial charge on any atom is -0.493 e. The van der Waals surface area contributed by atoms with E-state index >= 15 is 0 Å². The van der Waals surface area contributed by atoms with Gasteiger partial charge in [-0.05, 0) is 56.4 Å². The molecule has 2 heterocycles. The molecule has 4 rings (SSSR count). The predicted octanol–water partition coefficient (Wildman–Crippen LogP) is 4.85. The number of aromatic amines is 1. The summed E-state index contributed by atoms with van der Waals surface area (Å²) in [6, 6.07) is 5.01. The number of H-pyrrole nitrogens is 1. The van der Waals surface area contributed by atoms with Crippen LogP contribution in [-0.4, -0.2) is 29.8 Å². The van der Waals surface area contributed by atoms with Gasteiger partial charge in [0, 0.05) is 10.4 Å². The quantitative estimate of drug-likeness (QED) is 0.472. The van der Waals surface area contributed by atoms with Gasteiger partial charge in [0.1, 0.15) is 10.7 Å². The minimum atomic E-state index is -0.799. The van der Waals surface area contributed by atoms with Gasteiger partial charge in [0.25, 0.3) is 5.56 Å². The van der Waals surface area contributed by atoms with Crippen LogP contribution in [0.25, 0.3) is 21.6 Å². The number of nitrogens with zero attached hydrogens (tertiary/aromatic N) is 1. The lowest BCUT2D eigenvalue weighted by Gasteiger charge is -2.11. The molecule has 0 unspecified atom stereocenters. The second kappa shape index (κ2) is 8.87. The third-order valence-corrected chi connectivity index (χ3v) is 6.40. The number of rotatable bonds is 4. The van der Waals surface area contributed by atoms with E-state index < -0.39 is 6.16 Å². The first-order valence-electron chi connectivity index (χ1n) is 10.2. The van der Waals surface area contributed by atoms with Crippen LogP contribution >= 0.6 is 11.3 Å². The van der Waals surface area contributed by atoms with Gasteiger partial charge in [0.15, 0.2) is 11.5 Å². The average molecular weight is 429 g/mol. The summed E-state index contributed by atoms with van der Waals surface area (Å²) in [4.78, 5) is 34.3. The normalized spacial score (nSPS) is 13.9. The molecule has 2 aromatic heterocycles. The van der Waals surface area contributed by atoms with Gasteiger partial charge in [-0.15, -0.1) is 11.3 Å². The maximum atomic E-state index is 12.9. The SMILES string of the molecule is CCOC(=O)Oc1ccc(-c2nc3sc4c(c3c(=O)[nH]2)CCCCCC4)cc1OC. The van der Waals surface area contributed by atoms with Crippen molar-refractivity contribution in [2.75, 3.05) is 13.7 Å². The number of methoxy groups -OCH3 is 1. The number of thiophene rings is 1. The van der Waals surface area contributed by atoms with Crippen molar-refractivity contribution in [3.8, 4) is 22.9 Å². The zero-order valence-electron chi connectivity index (χ0n) is 17.1. The second-order valence-electron chi connectivity index (χ2n) is 7.16. The zero-order valence-corrected chi connectivity index (χ0v) is 17.9. The Bertz CT molecular complexity index is 1130. The summed E-state index contributed by atoms with van der Waals surface area (Å²) < 4.78 is 15.3. The van der Waals surface area contributed by atoms with Crippen molar-refractivity contribution in [3.05, 3.63) is 39.0 Å². The molecule has 1 N–H and O–H groups in total. The first-order valence-corrected chi connectivity index (χ1v) is 11.0. The number of carbonyl (C=O) groups is 1. The van der Waals surface area contributed by atoms with Crippen LogP contribution in [0.5, 0.6) is 11.5 Å². The van der Waals surface area contributed by atoms with Gasteiger partial charge in [-0.25, -0.2) is 9.78 Å². The van der Waals surface area contributed by atoms with Crippen LogP contribution in [0.15, 0.2) is 23.0 Å². The maximum absolute atomic E-state index is 12.9. The van der Waals surface area contributed by atoms with Crippen molar-refractivity contribution in [1.82, 2.24) is 9.97 Å². The summed E-state index contributed by atoms with van der Waals surface area (Å²) in [5.41, 5.74) is 1.73. The van der Waals surface area contributed by atoms with E-state index in [1.54, 1.807) is 36.5 Å². The first-order chi connectivity index (χ1) is 14.6. The fourth-order valence-electron chi connectivity index (χ4n) is 3.79. The second-order valence-corrected chi connectivity index (χ2v) is 8.25. The van der Waals surface area contributed by atoms with Gasteiger partial charge in [0.05, 0.1) is 19.1 Å². The number of ether oxygens (including phenoxy) is 3. The Labute approximate surface area is 178 Å². The summed E-state index contributed by atoms with van der Waals surface area (Å²) in [5, 5.41) is 0.731. The highest BCUT2D eigenvalue weighted by Gasteiger charge is 2.19. The Hall–Kier alpha value is -2.87. The highest BCUT2D eigenvalue weighted by atomic mass is 32.1. The molecule has 0 saturated carbocycles. The number of fused-ring (bicyclic) bond motifs is 3. The largest absolute Gasteiger partial charge is 0.513 e. The van der Waals surface area contributed by atoms with Crippen LogP contribution in [0.4, 0.5) is 4.79 Å². The van der Waals surface area contributed by atoms with Crippen molar-refractivity contribution < 1.29 is 19.0 Å². The third kappa shape index (κ3) is 4.05. The molecular weight excluding hydrogens is 404 g/mol. The molecule has 158 valence electrons. The van der Waals surface area contributed by atoms with Gasteiger partial charge < -0.3 is 19.2 Å². The monoisotopic (exact) mass is 428 g/mol. The summed E-state index contributed by atoms with van der Waals surface area (Å²) in [6.07, 6.45) is 5.87. The Balaban J connectivity index is 1.72. The van der Waals surface area contributed by atoms with Crippen LogP contribution in [0.3, 0.4) is 0 Å². The van der Waals surface area contributed by atoms with E-state index in [-0.39, 0.29) is 17.9 Å². The van der Waals surface area contributed by atoms with Gasteiger partial charge >= 0.3 is 6.16 Å². The van der Waals surface area contributed by atoms with E-state index in [1.807, 2.05) is 0 Å². The van der Waals surface area contributed by atoms with Crippen LogP contribution < -0.4 is 15.0 Å². The number of hydrogen-bond donors (Lipinski definition) is 1. The highest BCUT2D eigenvalue weighted by molar-refractivity contribution is 7.18. The number of carbonyl (C=O) groups excluding carboxylic acids is 1. The fourth-order valence-corrected chi connectivity index (χ4v) is 5.05. The predicted molar refractivity (Wildman–Crippen MR) is 116 cm³/mol. The van der Waals surface area contributed by atoms with Crippen LogP contribution in [0.1, 0.15) is 43.0 Å². The molecule has 0 aliphatic heterocycles. The van der Waals surface area contributed by atoms with Crippen LogP contribution in [0, 0.1) is 0 Å². The average Bonchev–Trinajstić information content (AvgIpc) is 3.05. The Morgan fingerprint density at radius 2 is 1.97 bits per heavy atom. The molecule has 1 aliphatic carbocycles.